The number of rotatable bonds is 7. The fourth-order valence-corrected chi connectivity index (χ4v) is 2.35. The third-order valence-electron chi connectivity index (χ3n) is 2.88. The molecule has 3 nitrogen and oxygen atoms in total. The van der Waals surface area contributed by atoms with Crippen molar-refractivity contribution in [2.45, 2.75) is 31.7 Å². The summed E-state index contributed by atoms with van der Waals surface area (Å²) in [5.41, 5.74) is 6.01. The first-order valence-electron chi connectivity index (χ1n) is 5.71. The highest BCUT2D eigenvalue weighted by Crippen LogP contribution is 2.32. The van der Waals surface area contributed by atoms with Gasteiger partial charge in [-0.2, -0.15) is 0 Å². The first-order chi connectivity index (χ1) is 7.36. The van der Waals surface area contributed by atoms with Crippen molar-refractivity contribution in [2.24, 2.45) is 11.7 Å². The topological polar surface area (TPSA) is 50.9 Å². The summed E-state index contributed by atoms with van der Waals surface area (Å²) in [4.78, 5) is 4.24. The molecule has 0 spiro atoms. The summed E-state index contributed by atoms with van der Waals surface area (Å²) in [6.45, 7) is 2.06. The van der Waals surface area contributed by atoms with Crippen LogP contribution in [0.15, 0.2) is 11.6 Å². The van der Waals surface area contributed by atoms with Crippen molar-refractivity contribution >= 4 is 11.3 Å². The van der Waals surface area contributed by atoms with Gasteiger partial charge in [-0.25, -0.2) is 4.98 Å². The van der Waals surface area contributed by atoms with Crippen LogP contribution in [0.4, 0.5) is 0 Å². The van der Waals surface area contributed by atoms with E-state index in [2.05, 4.69) is 10.3 Å². The standard InChI is InChI=1S/C11H19N3S/c12-10(9-1-2-9)3-5-13-6-4-11-14-7-8-15-11/h7-10,13H,1-6,12H2. The van der Waals surface area contributed by atoms with Gasteiger partial charge < -0.3 is 11.1 Å². The van der Waals surface area contributed by atoms with Crippen LogP contribution >= 0.6 is 11.3 Å². The molecule has 1 aliphatic rings. The Bertz CT molecular complexity index is 269. The van der Waals surface area contributed by atoms with Gasteiger partial charge in [0.15, 0.2) is 0 Å². The molecule has 2 rings (SSSR count). The summed E-state index contributed by atoms with van der Waals surface area (Å²) in [6.07, 6.45) is 6.71. The van der Waals surface area contributed by atoms with Gasteiger partial charge in [-0.15, -0.1) is 11.3 Å². The smallest absolute Gasteiger partial charge is 0.0937 e. The first kappa shape index (κ1) is 11.0. The van der Waals surface area contributed by atoms with E-state index in [-0.39, 0.29) is 0 Å². The first-order valence-corrected chi connectivity index (χ1v) is 6.59. The van der Waals surface area contributed by atoms with E-state index in [9.17, 15) is 0 Å². The van der Waals surface area contributed by atoms with E-state index in [4.69, 9.17) is 5.73 Å². The average Bonchev–Trinajstić information content (AvgIpc) is 2.97. The molecule has 1 aliphatic carbocycles. The molecular weight excluding hydrogens is 206 g/mol. The van der Waals surface area contributed by atoms with Crippen LogP contribution in [-0.2, 0) is 6.42 Å². The minimum absolute atomic E-state index is 0.428. The largest absolute Gasteiger partial charge is 0.327 e. The second kappa shape index (κ2) is 5.58. The lowest BCUT2D eigenvalue weighted by molar-refractivity contribution is 0.518. The highest BCUT2D eigenvalue weighted by molar-refractivity contribution is 7.09. The maximum atomic E-state index is 6.01. The molecule has 15 heavy (non-hydrogen) atoms. The van der Waals surface area contributed by atoms with Crippen LogP contribution in [-0.4, -0.2) is 24.1 Å². The molecule has 1 heterocycles. The number of nitrogens with two attached hydrogens (primary N) is 1. The molecular formula is C11H19N3S. The summed E-state index contributed by atoms with van der Waals surface area (Å²) in [5.74, 6) is 0.825. The van der Waals surface area contributed by atoms with Gasteiger partial charge in [0.2, 0.25) is 0 Å². The van der Waals surface area contributed by atoms with Gasteiger partial charge in [-0.3, -0.25) is 0 Å². The van der Waals surface area contributed by atoms with Crippen LogP contribution < -0.4 is 11.1 Å². The summed E-state index contributed by atoms with van der Waals surface area (Å²) in [7, 11) is 0. The maximum absolute atomic E-state index is 6.01. The van der Waals surface area contributed by atoms with Crippen molar-refractivity contribution in [3.05, 3.63) is 16.6 Å². The van der Waals surface area contributed by atoms with Crippen LogP contribution in [0.5, 0.6) is 0 Å². The van der Waals surface area contributed by atoms with Crippen molar-refractivity contribution in [3.63, 3.8) is 0 Å². The van der Waals surface area contributed by atoms with E-state index in [0.717, 1.165) is 31.8 Å². The monoisotopic (exact) mass is 225 g/mol. The Morgan fingerprint density at radius 1 is 1.53 bits per heavy atom. The Labute approximate surface area is 95.1 Å². The SMILES string of the molecule is NC(CCNCCc1nccs1)C1CC1. The predicted molar refractivity (Wildman–Crippen MR) is 64.0 cm³/mol. The number of thiazole rings is 1. The zero-order valence-electron chi connectivity index (χ0n) is 8.98. The van der Waals surface area contributed by atoms with E-state index in [1.165, 1.54) is 17.8 Å². The molecule has 84 valence electrons. The van der Waals surface area contributed by atoms with E-state index in [1.54, 1.807) is 11.3 Å². The molecule has 1 aromatic heterocycles. The molecule has 0 bridgehead atoms. The molecule has 3 N–H and O–H groups in total. The lowest BCUT2D eigenvalue weighted by Gasteiger charge is -2.10. The highest BCUT2D eigenvalue weighted by atomic mass is 32.1. The fourth-order valence-electron chi connectivity index (χ4n) is 1.73. The van der Waals surface area contributed by atoms with E-state index < -0.39 is 0 Å². The summed E-state index contributed by atoms with van der Waals surface area (Å²) in [6, 6.07) is 0.428. The van der Waals surface area contributed by atoms with Crippen LogP contribution in [0.2, 0.25) is 0 Å². The molecule has 1 atom stereocenters. The van der Waals surface area contributed by atoms with Gasteiger partial charge in [-0.1, -0.05) is 0 Å². The Morgan fingerprint density at radius 3 is 3.07 bits per heavy atom. The van der Waals surface area contributed by atoms with Crippen molar-refractivity contribution < 1.29 is 0 Å². The predicted octanol–water partition coefficient (Wildman–Crippen LogP) is 1.40. The Balaban J connectivity index is 1.48. The normalized spacial score (nSPS) is 17.9. The number of hydrogen-bond donors (Lipinski definition) is 2. The van der Waals surface area contributed by atoms with Gasteiger partial charge in [0.05, 0.1) is 5.01 Å². The van der Waals surface area contributed by atoms with Crippen molar-refractivity contribution in [3.8, 4) is 0 Å². The van der Waals surface area contributed by atoms with Crippen molar-refractivity contribution in [1.82, 2.24) is 10.3 Å². The Hall–Kier alpha value is -0.450. The fraction of sp³-hybridized carbons (Fsp3) is 0.727. The molecule has 0 amide bonds. The van der Waals surface area contributed by atoms with E-state index in [1.807, 2.05) is 11.6 Å². The third kappa shape index (κ3) is 3.89. The molecule has 1 fully saturated rings. The van der Waals surface area contributed by atoms with Crippen molar-refractivity contribution in [2.75, 3.05) is 13.1 Å². The maximum Gasteiger partial charge on any atom is 0.0937 e. The van der Waals surface area contributed by atoms with Gasteiger partial charge in [0.1, 0.15) is 0 Å². The number of nitrogens with one attached hydrogen (secondary N) is 1. The van der Waals surface area contributed by atoms with Crippen LogP contribution in [0.1, 0.15) is 24.3 Å². The number of aromatic nitrogens is 1. The van der Waals surface area contributed by atoms with E-state index >= 15 is 0 Å². The number of nitrogens with zero attached hydrogens (tertiary/aromatic N) is 1. The van der Waals surface area contributed by atoms with Gasteiger partial charge in [-0.05, 0) is 31.7 Å². The summed E-state index contributed by atoms with van der Waals surface area (Å²) < 4.78 is 0. The van der Waals surface area contributed by atoms with E-state index in [0.29, 0.717) is 6.04 Å². The molecule has 4 heteroatoms. The molecule has 0 saturated heterocycles. The molecule has 1 aromatic rings. The Kier molecular flexibility index (Phi) is 4.11. The lowest BCUT2D eigenvalue weighted by Crippen LogP contribution is -2.29. The quantitative estimate of drug-likeness (QED) is 0.690. The number of hydrogen-bond acceptors (Lipinski definition) is 4. The second-order valence-electron chi connectivity index (χ2n) is 4.22. The average molecular weight is 225 g/mol. The highest BCUT2D eigenvalue weighted by Gasteiger charge is 2.27. The minimum atomic E-state index is 0.428. The second-order valence-corrected chi connectivity index (χ2v) is 5.19. The molecule has 0 aliphatic heterocycles. The molecule has 1 saturated carbocycles. The molecule has 0 radical (unpaired) electrons. The summed E-state index contributed by atoms with van der Waals surface area (Å²) in [5, 5.41) is 6.67. The van der Waals surface area contributed by atoms with Crippen LogP contribution in [0.25, 0.3) is 0 Å². The third-order valence-corrected chi connectivity index (χ3v) is 3.72. The minimum Gasteiger partial charge on any atom is -0.327 e. The van der Waals surface area contributed by atoms with Gasteiger partial charge in [0, 0.05) is 30.6 Å². The lowest BCUT2D eigenvalue weighted by atomic mass is 10.1. The zero-order chi connectivity index (χ0) is 10.5. The van der Waals surface area contributed by atoms with Gasteiger partial charge in [0.25, 0.3) is 0 Å². The zero-order valence-corrected chi connectivity index (χ0v) is 9.80. The molecule has 0 aromatic carbocycles. The summed E-state index contributed by atoms with van der Waals surface area (Å²) >= 11 is 1.73. The van der Waals surface area contributed by atoms with Crippen LogP contribution in [0, 0.1) is 5.92 Å². The van der Waals surface area contributed by atoms with Crippen molar-refractivity contribution in [1.29, 1.82) is 0 Å². The van der Waals surface area contributed by atoms with Gasteiger partial charge >= 0.3 is 0 Å². The van der Waals surface area contributed by atoms with Crippen LogP contribution in [0.3, 0.4) is 0 Å². The molecule has 1 unspecified atom stereocenters. The Morgan fingerprint density at radius 2 is 2.40 bits per heavy atom.